The minimum atomic E-state index is -1.82. The van der Waals surface area contributed by atoms with E-state index < -0.39 is 24.4 Å². The number of hydrogen-bond donors (Lipinski definition) is 4. The smallest absolute Gasteiger partial charge is 0.488 e. The Morgan fingerprint density at radius 3 is 2.40 bits per heavy atom. The lowest BCUT2D eigenvalue weighted by molar-refractivity contribution is 0.0693. The molecule has 4 N–H and O–H groups in total. The third-order valence-corrected chi connectivity index (χ3v) is 1.85. The molecule has 0 unspecified atom stereocenters. The van der Waals surface area contributed by atoms with Gasteiger partial charge in [0.25, 0.3) is 0 Å². The average molecular weight is 212 g/mol. The van der Waals surface area contributed by atoms with Crippen LogP contribution in [-0.4, -0.2) is 40.5 Å². The first-order valence-corrected chi connectivity index (χ1v) is 3.97. The van der Waals surface area contributed by atoms with Gasteiger partial charge in [0, 0.05) is 0 Å². The maximum atomic E-state index is 10.7. The highest BCUT2D eigenvalue weighted by molar-refractivity contribution is 6.58. The summed E-state index contributed by atoms with van der Waals surface area (Å²) in [5.41, 5.74) is -0.514. The molecule has 1 rings (SSSR count). The zero-order valence-electron chi connectivity index (χ0n) is 7.84. The quantitative estimate of drug-likeness (QED) is 0.467. The van der Waals surface area contributed by atoms with Crippen LogP contribution >= 0.6 is 0 Å². The summed E-state index contributed by atoms with van der Waals surface area (Å²) >= 11 is 0. The number of ether oxygens (including phenoxy) is 1. The predicted octanol–water partition coefficient (Wildman–Crippen LogP) is -1.22. The summed E-state index contributed by atoms with van der Waals surface area (Å²) in [6.45, 7) is 0. The molecule has 80 valence electrons. The lowest BCUT2D eigenvalue weighted by Gasteiger charge is -2.09. The van der Waals surface area contributed by atoms with Crippen LogP contribution in [0.4, 0.5) is 0 Å². The van der Waals surface area contributed by atoms with E-state index in [9.17, 15) is 9.90 Å². The molecule has 0 spiro atoms. The van der Waals surface area contributed by atoms with Crippen molar-refractivity contribution in [2.24, 2.45) is 0 Å². The lowest BCUT2D eigenvalue weighted by atomic mass is 9.79. The first kappa shape index (κ1) is 11.4. The molecule has 1 aromatic carbocycles. The van der Waals surface area contributed by atoms with Crippen molar-refractivity contribution >= 4 is 18.6 Å². The molecule has 6 nitrogen and oxygen atoms in total. The molecule has 0 saturated heterocycles. The van der Waals surface area contributed by atoms with Gasteiger partial charge < -0.3 is 25.0 Å². The molecule has 0 fully saturated rings. The summed E-state index contributed by atoms with van der Waals surface area (Å²) in [7, 11) is -0.591. The Morgan fingerprint density at radius 2 is 2.00 bits per heavy atom. The second-order valence-corrected chi connectivity index (χ2v) is 2.80. The summed E-state index contributed by atoms with van der Waals surface area (Å²) in [6.07, 6.45) is 0. The number of methoxy groups -OCH3 is 1. The number of aromatic carboxylic acids is 1. The number of carboxylic acid groups (broad SMARTS) is 1. The van der Waals surface area contributed by atoms with Gasteiger partial charge in [-0.25, -0.2) is 4.79 Å². The van der Waals surface area contributed by atoms with Gasteiger partial charge >= 0.3 is 13.1 Å². The average Bonchev–Trinajstić information content (AvgIpc) is 2.17. The van der Waals surface area contributed by atoms with E-state index in [1.807, 2.05) is 0 Å². The van der Waals surface area contributed by atoms with E-state index in [4.69, 9.17) is 19.9 Å². The summed E-state index contributed by atoms with van der Waals surface area (Å²) in [5.74, 6) is -2.05. The van der Waals surface area contributed by atoms with Gasteiger partial charge in [-0.2, -0.15) is 0 Å². The highest BCUT2D eigenvalue weighted by Crippen LogP contribution is 2.28. The van der Waals surface area contributed by atoms with E-state index in [1.165, 1.54) is 7.11 Å². The fourth-order valence-corrected chi connectivity index (χ4v) is 1.10. The third-order valence-electron chi connectivity index (χ3n) is 1.85. The molecule has 0 heterocycles. The Morgan fingerprint density at radius 1 is 1.40 bits per heavy atom. The molecule has 0 radical (unpaired) electrons. The highest BCUT2D eigenvalue weighted by atomic mass is 16.5. The molecule has 0 aliphatic rings. The van der Waals surface area contributed by atoms with E-state index >= 15 is 0 Å². The van der Waals surface area contributed by atoms with Gasteiger partial charge in [0.05, 0.1) is 7.11 Å². The van der Waals surface area contributed by atoms with Crippen LogP contribution in [0.5, 0.6) is 11.5 Å². The molecule has 0 aliphatic heterocycles. The second kappa shape index (κ2) is 4.20. The van der Waals surface area contributed by atoms with Crippen LogP contribution in [0.2, 0.25) is 0 Å². The van der Waals surface area contributed by atoms with Gasteiger partial charge in [-0.15, -0.1) is 0 Å². The van der Waals surface area contributed by atoms with Crippen LogP contribution in [0.25, 0.3) is 0 Å². The first-order chi connectivity index (χ1) is 6.97. The number of carboxylic acids is 1. The monoisotopic (exact) mass is 212 g/mol. The summed E-state index contributed by atoms with van der Waals surface area (Å²) < 4.78 is 4.69. The molecular formula is C8H9BO6. The number of phenols is 1. The van der Waals surface area contributed by atoms with Crippen molar-refractivity contribution in [2.75, 3.05) is 7.11 Å². The van der Waals surface area contributed by atoms with Crippen LogP contribution < -0.4 is 10.2 Å². The van der Waals surface area contributed by atoms with Gasteiger partial charge in [0.2, 0.25) is 0 Å². The maximum Gasteiger partial charge on any atom is 0.488 e. The number of aromatic hydroxyl groups is 1. The highest BCUT2D eigenvalue weighted by Gasteiger charge is 2.20. The van der Waals surface area contributed by atoms with Crippen molar-refractivity contribution in [3.8, 4) is 11.5 Å². The molecule has 0 aliphatic carbocycles. The van der Waals surface area contributed by atoms with Crippen LogP contribution in [0.15, 0.2) is 12.1 Å². The van der Waals surface area contributed by atoms with Gasteiger partial charge in [-0.1, -0.05) is 0 Å². The third kappa shape index (κ3) is 2.20. The maximum absolute atomic E-state index is 10.7. The van der Waals surface area contributed by atoms with E-state index in [2.05, 4.69) is 0 Å². The van der Waals surface area contributed by atoms with Gasteiger partial charge in [-0.05, 0) is 17.6 Å². The van der Waals surface area contributed by atoms with Crippen molar-refractivity contribution in [1.82, 2.24) is 0 Å². The molecule has 0 bridgehead atoms. The molecule has 1 aromatic rings. The zero-order chi connectivity index (χ0) is 11.6. The second-order valence-electron chi connectivity index (χ2n) is 2.80. The standard InChI is InChI=1S/C8H9BO6/c1-15-6-3-4(9(13)14)2-5(7(6)10)8(11)12/h2-3,10,13-14H,1H3,(H,11,12). The van der Waals surface area contributed by atoms with Crippen molar-refractivity contribution in [3.63, 3.8) is 0 Å². The van der Waals surface area contributed by atoms with E-state index in [0.717, 1.165) is 12.1 Å². The number of benzene rings is 1. The van der Waals surface area contributed by atoms with Crippen LogP contribution in [0, 0.1) is 0 Å². The Kier molecular flexibility index (Phi) is 3.18. The largest absolute Gasteiger partial charge is 0.504 e. The van der Waals surface area contributed by atoms with E-state index in [-0.39, 0.29) is 11.2 Å². The van der Waals surface area contributed by atoms with Crippen molar-refractivity contribution in [1.29, 1.82) is 0 Å². The zero-order valence-corrected chi connectivity index (χ0v) is 7.84. The topological polar surface area (TPSA) is 107 Å². The fraction of sp³-hybridized carbons (Fsp3) is 0.125. The van der Waals surface area contributed by atoms with Crippen LogP contribution in [-0.2, 0) is 0 Å². The number of hydrogen-bond acceptors (Lipinski definition) is 5. The van der Waals surface area contributed by atoms with Crippen molar-refractivity contribution < 1.29 is 29.8 Å². The summed E-state index contributed by atoms with van der Waals surface area (Å²) in [5, 5.41) is 35.8. The van der Waals surface area contributed by atoms with Crippen molar-refractivity contribution in [3.05, 3.63) is 17.7 Å². The molecule has 0 aromatic heterocycles. The number of rotatable bonds is 3. The number of carbonyl (C=O) groups is 1. The SMILES string of the molecule is COc1cc(B(O)O)cc(C(=O)O)c1O. The Hall–Kier alpha value is -1.73. The fourth-order valence-electron chi connectivity index (χ4n) is 1.10. The Balaban J connectivity index is 3.38. The van der Waals surface area contributed by atoms with Crippen LogP contribution in [0.1, 0.15) is 10.4 Å². The van der Waals surface area contributed by atoms with E-state index in [0.29, 0.717) is 0 Å². The molecule has 7 heteroatoms. The van der Waals surface area contributed by atoms with Crippen LogP contribution in [0.3, 0.4) is 0 Å². The minimum absolute atomic E-state index is 0.0675. The molecule has 0 saturated carbocycles. The predicted molar refractivity (Wildman–Crippen MR) is 51.4 cm³/mol. The molecule has 0 atom stereocenters. The minimum Gasteiger partial charge on any atom is -0.504 e. The Labute approximate surface area is 85.5 Å². The summed E-state index contributed by atoms with van der Waals surface area (Å²) in [4.78, 5) is 10.7. The van der Waals surface area contributed by atoms with E-state index in [1.54, 1.807) is 0 Å². The van der Waals surface area contributed by atoms with Gasteiger partial charge in [0.1, 0.15) is 5.56 Å². The molecular weight excluding hydrogens is 203 g/mol. The van der Waals surface area contributed by atoms with Crippen molar-refractivity contribution in [2.45, 2.75) is 0 Å². The van der Waals surface area contributed by atoms with Gasteiger partial charge in [-0.3, -0.25) is 0 Å². The van der Waals surface area contributed by atoms with Gasteiger partial charge in [0.15, 0.2) is 11.5 Å². The molecule has 0 amide bonds. The Bertz CT molecular complexity index is 389. The lowest BCUT2D eigenvalue weighted by Crippen LogP contribution is -2.30. The molecule has 15 heavy (non-hydrogen) atoms. The first-order valence-electron chi connectivity index (χ1n) is 3.97. The normalized spacial score (nSPS) is 9.80. The summed E-state index contributed by atoms with van der Waals surface area (Å²) in [6, 6.07) is 2.11.